The molecule has 0 bridgehead atoms. The predicted molar refractivity (Wildman–Crippen MR) is 78.7 cm³/mol. The third-order valence-electron chi connectivity index (χ3n) is 3.26. The molecular formula is C15H17N5O2. The van der Waals surface area contributed by atoms with Crippen LogP contribution in [0.2, 0.25) is 0 Å². The molecule has 0 radical (unpaired) electrons. The van der Waals surface area contributed by atoms with Gasteiger partial charge in [0.15, 0.2) is 5.82 Å². The number of nitrogens with one attached hydrogen (secondary N) is 1. The zero-order chi connectivity index (χ0) is 15.5. The molecule has 0 saturated heterocycles. The van der Waals surface area contributed by atoms with Crippen LogP contribution in [0, 0.1) is 6.92 Å². The van der Waals surface area contributed by atoms with Crippen molar-refractivity contribution >= 4 is 0 Å². The zero-order valence-corrected chi connectivity index (χ0v) is 12.6. The van der Waals surface area contributed by atoms with Crippen molar-refractivity contribution in [3.63, 3.8) is 0 Å². The maximum absolute atomic E-state index is 5.41. The molecule has 0 fully saturated rings. The molecule has 2 aromatic heterocycles. The quantitative estimate of drug-likeness (QED) is 0.774. The Balaban J connectivity index is 1.70. The first-order valence-electron chi connectivity index (χ1n) is 7.08. The van der Waals surface area contributed by atoms with Gasteiger partial charge in [0.25, 0.3) is 5.89 Å². The van der Waals surface area contributed by atoms with E-state index in [0.717, 1.165) is 5.56 Å². The Labute approximate surface area is 127 Å². The van der Waals surface area contributed by atoms with Crippen LogP contribution in [0.3, 0.4) is 0 Å². The first-order chi connectivity index (χ1) is 10.6. The fraction of sp³-hybridized carbons (Fsp3) is 0.333. The Morgan fingerprint density at radius 1 is 1.05 bits per heavy atom. The maximum atomic E-state index is 5.41. The lowest BCUT2D eigenvalue weighted by Gasteiger charge is -2.13. The molecule has 0 unspecified atom stereocenters. The Morgan fingerprint density at radius 2 is 1.82 bits per heavy atom. The lowest BCUT2D eigenvalue weighted by molar-refractivity contribution is 0.362. The van der Waals surface area contributed by atoms with Crippen molar-refractivity contribution in [2.45, 2.75) is 32.9 Å². The van der Waals surface area contributed by atoms with E-state index in [2.05, 4.69) is 25.7 Å². The van der Waals surface area contributed by atoms with Gasteiger partial charge in [-0.25, -0.2) is 0 Å². The summed E-state index contributed by atoms with van der Waals surface area (Å²) >= 11 is 0. The summed E-state index contributed by atoms with van der Waals surface area (Å²) in [7, 11) is 0. The van der Waals surface area contributed by atoms with Gasteiger partial charge in [0.2, 0.25) is 11.8 Å². The Bertz CT molecular complexity index is 737. The highest BCUT2D eigenvalue weighted by atomic mass is 16.5. The van der Waals surface area contributed by atoms with Gasteiger partial charge in [0, 0.05) is 12.5 Å². The third-order valence-corrected chi connectivity index (χ3v) is 3.26. The van der Waals surface area contributed by atoms with Crippen LogP contribution in [0.4, 0.5) is 0 Å². The van der Waals surface area contributed by atoms with E-state index >= 15 is 0 Å². The monoisotopic (exact) mass is 299 g/mol. The Hall–Kier alpha value is -2.54. The molecule has 0 aliphatic carbocycles. The van der Waals surface area contributed by atoms with Crippen molar-refractivity contribution in [2.24, 2.45) is 0 Å². The zero-order valence-electron chi connectivity index (χ0n) is 12.6. The average Bonchev–Trinajstić information content (AvgIpc) is 3.17. The van der Waals surface area contributed by atoms with Crippen LogP contribution in [-0.2, 0) is 0 Å². The number of aromatic nitrogens is 4. The summed E-state index contributed by atoms with van der Waals surface area (Å²) < 4.78 is 10.7. The summed E-state index contributed by atoms with van der Waals surface area (Å²) in [6.07, 6.45) is 0. The second-order valence-electron chi connectivity index (χ2n) is 5.09. The minimum atomic E-state index is -0.108. The summed E-state index contributed by atoms with van der Waals surface area (Å²) in [6.45, 7) is 5.67. The normalized spacial score (nSPS) is 14.0. The Kier molecular flexibility index (Phi) is 3.97. The van der Waals surface area contributed by atoms with Crippen LogP contribution in [0.5, 0.6) is 0 Å². The van der Waals surface area contributed by atoms with Crippen molar-refractivity contribution in [3.8, 4) is 11.5 Å². The number of nitrogens with zero attached hydrogens (tertiary/aromatic N) is 4. The molecule has 1 aromatic carbocycles. The topological polar surface area (TPSA) is 89.9 Å². The van der Waals surface area contributed by atoms with Crippen molar-refractivity contribution in [1.29, 1.82) is 0 Å². The second-order valence-corrected chi connectivity index (χ2v) is 5.09. The molecular weight excluding hydrogens is 282 g/mol. The van der Waals surface area contributed by atoms with E-state index in [1.165, 1.54) is 0 Å². The number of hydrogen-bond acceptors (Lipinski definition) is 7. The molecule has 0 spiro atoms. The second kappa shape index (κ2) is 6.07. The van der Waals surface area contributed by atoms with E-state index in [9.17, 15) is 0 Å². The third kappa shape index (κ3) is 3.04. The van der Waals surface area contributed by atoms with Crippen molar-refractivity contribution < 1.29 is 8.94 Å². The predicted octanol–water partition coefficient (Wildman–Crippen LogP) is 2.84. The average molecular weight is 299 g/mol. The minimum Gasteiger partial charge on any atom is -0.424 e. The SMILES string of the molecule is Cc1nnc([C@H](C)N[C@H](C)c2noc(-c3ccccc3)n2)o1. The maximum Gasteiger partial charge on any atom is 0.257 e. The van der Waals surface area contributed by atoms with Gasteiger partial charge in [-0.05, 0) is 26.0 Å². The van der Waals surface area contributed by atoms with Gasteiger partial charge in [-0.1, -0.05) is 23.4 Å². The van der Waals surface area contributed by atoms with E-state index in [0.29, 0.717) is 23.5 Å². The van der Waals surface area contributed by atoms with Gasteiger partial charge < -0.3 is 8.94 Å². The first-order valence-corrected chi connectivity index (χ1v) is 7.08. The molecule has 2 heterocycles. The van der Waals surface area contributed by atoms with Gasteiger partial charge in [-0.15, -0.1) is 10.2 Å². The number of aryl methyl sites for hydroxylation is 1. The van der Waals surface area contributed by atoms with Crippen LogP contribution in [0.25, 0.3) is 11.5 Å². The smallest absolute Gasteiger partial charge is 0.257 e. The molecule has 2 atom stereocenters. The molecule has 7 nitrogen and oxygen atoms in total. The standard InChI is InChI=1S/C15H17N5O2/c1-9(16-10(2)14-19-18-11(3)21-14)13-17-15(22-20-13)12-7-5-4-6-8-12/h4-10,16H,1-3H3/t9-,10+/m1/s1. The van der Waals surface area contributed by atoms with Crippen LogP contribution in [0.15, 0.2) is 39.3 Å². The number of rotatable bonds is 5. The Morgan fingerprint density at radius 3 is 2.50 bits per heavy atom. The van der Waals surface area contributed by atoms with E-state index in [1.54, 1.807) is 6.92 Å². The molecule has 0 aliphatic heterocycles. The minimum absolute atomic E-state index is 0.102. The number of hydrogen-bond donors (Lipinski definition) is 1. The van der Waals surface area contributed by atoms with Gasteiger partial charge in [0.05, 0.1) is 12.1 Å². The van der Waals surface area contributed by atoms with Gasteiger partial charge in [-0.3, -0.25) is 5.32 Å². The van der Waals surface area contributed by atoms with Crippen LogP contribution < -0.4 is 5.32 Å². The summed E-state index contributed by atoms with van der Waals surface area (Å²) in [5.74, 6) is 2.17. The largest absolute Gasteiger partial charge is 0.424 e. The van der Waals surface area contributed by atoms with Crippen LogP contribution >= 0.6 is 0 Å². The van der Waals surface area contributed by atoms with E-state index in [-0.39, 0.29) is 12.1 Å². The molecule has 114 valence electrons. The lowest BCUT2D eigenvalue weighted by Crippen LogP contribution is -2.23. The highest BCUT2D eigenvalue weighted by Crippen LogP contribution is 2.21. The fourth-order valence-corrected chi connectivity index (χ4v) is 2.12. The van der Waals surface area contributed by atoms with E-state index < -0.39 is 0 Å². The summed E-state index contributed by atoms with van der Waals surface area (Å²) in [5, 5.41) is 15.2. The van der Waals surface area contributed by atoms with Crippen LogP contribution in [-0.4, -0.2) is 20.3 Å². The summed E-state index contributed by atoms with van der Waals surface area (Å²) in [6, 6.07) is 9.46. The first kappa shape index (κ1) is 14.4. The molecule has 1 N–H and O–H groups in total. The molecule has 0 saturated carbocycles. The van der Waals surface area contributed by atoms with E-state index in [4.69, 9.17) is 8.94 Å². The van der Waals surface area contributed by atoms with Gasteiger partial charge >= 0.3 is 0 Å². The highest BCUT2D eigenvalue weighted by molar-refractivity contribution is 5.52. The summed E-state index contributed by atoms with van der Waals surface area (Å²) in [5.41, 5.74) is 0.897. The molecule has 3 aromatic rings. The van der Waals surface area contributed by atoms with Crippen molar-refractivity contribution in [2.75, 3.05) is 0 Å². The molecule has 0 aliphatic rings. The van der Waals surface area contributed by atoms with Gasteiger partial charge in [-0.2, -0.15) is 4.98 Å². The highest BCUT2D eigenvalue weighted by Gasteiger charge is 2.20. The van der Waals surface area contributed by atoms with Crippen molar-refractivity contribution in [1.82, 2.24) is 25.7 Å². The molecule has 3 rings (SSSR count). The molecule has 0 amide bonds. The van der Waals surface area contributed by atoms with Crippen LogP contribution in [0.1, 0.15) is 43.5 Å². The molecule has 22 heavy (non-hydrogen) atoms. The summed E-state index contributed by atoms with van der Waals surface area (Å²) in [4.78, 5) is 4.43. The molecule has 7 heteroatoms. The number of benzene rings is 1. The van der Waals surface area contributed by atoms with Crippen molar-refractivity contribution in [3.05, 3.63) is 47.9 Å². The van der Waals surface area contributed by atoms with Gasteiger partial charge in [0.1, 0.15) is 0 Å². The lowest BCUT2D eigenvalue weighted by atomic mass is 10.2. The van der Waals surface area contributed by atoms with E-state index in [1.807, 2.05) is 44.2 Å². The fourth-order valence-electron chi connectivity index (χ4n) is 2.12.